The Hall–Kier alpha value is -4.59. The molecular weight excluding hydrogens is 563 g/mol. The summed E-state index contributed by atoms with van der Waals surface area (Å²) in [5.41, 5.74) is 6.94. The lowest BCUT2D eigenvalue weighted by Crippen LogP contribution is -2.69. The standard InChI is InChI=1S/C29H29FN6O5S/c30-22-11-8-20(26-27(22)42-17-32-26)15-35-16-24(34-23(28(35)40)12-18-6-9-21(37)10-7-18)36(33-14-25(38)39)29(41)31-13-19-4-2-1-3-5-19/h1-11,17,23-24,33-34,37H,12-16H2,(H,31,41)(H,38,39)/t23-,24-/m0/s1. The number of hydrazine groups is 1. The first-order chi connectivity index (χ1) is 20.3. The number of halogens is 1. The van der Waals surface area contributed by atoms with Crippen LogP contribution in [0.5, 0.6) is 5.75 Å². The third-order valence-corrected chi connectivity index (χ3v) is 7.71. The summed E-state index contributed by atoms with van der Waals surface area (Å²) in [7, 11) is 0. The van der Waals surface area contributed by atoms with Crippen LogP contribution in [0.25, 0.3) is 10.2 Å². The lowest BCUT2D eigenvalue weighted by atomic mass is 10.0. The molecule has 2 heterocycles. The second-order valence-corrected chi connectivity index (χ2v) is 10.7. The van der Waals surface area contributed by atoms with E-state index in [0.29, 0.717) is 15.8 Å². The maximum absolute atomic E-state index is 14.3. The van der Waals surface area contributed by atoms with Gasteiger partial charge in [0.1, 0.15) is 24.3 Å². The number of phenols is 1. The minimum absolute atomic E-state index is 0.0132. The molecular formula is C29H29FN6O5S. The number of thiazole rings is 1. The van der Waals surface area contributed by atoms with Gasteiger partial charge in [0.25, 0.3) is 0 Å². The third kappa shape index (κ3) is 6.82. The number of piperazine rings is 1. The van der Waals surface area contributed by atoms with Crippen LogP contribution < -0.4 is 16.1 Å². The number of aromatic nitrogens is 1. The molecule has 218 valence electrons. The summed E-state index contributed by atoms with van der Waals surface area (Å²) in [6.07, 6.45) is -0.591. The van der Waals surface area contributed by atoms with E-state index in [4.69, 9.17) is 0 Å². The molecule has 1 fully saturated rings. The summed E-state index contributed by atoms with van der Waals surface area (Å²) >= 11 is 1.17. The van der Waals surface area contributed by atoms with Gasteiger partial charge in [0, 0.05) is 13.1 Å². The summed E-state index contributed by atoms with van der Waals surface area (Å²) in [4.78, 5) is 44.4. The van der Waals surface area contributed by atoms with Crippen LogP contribution >= 0.6 is 11.3 Å². The maximum atomic E-state index is 14.3. The molecule has 11 nitrogen and oxygen atoms in total. The van der Waals surface area contributed by atoms with E-state index in [1.807, 2.05) is 30.3 Å². The Kier molecular flexibility index (Phi) is 8.91. The zero-order valence-corrected chi connectivity index (χ0v) is 23.2. The Morgan fingerprint density at radius 3 is 2.60 bits per heavy atom. The minimum Gasteiger partial charge on any atom is -0.508 e. The second kappa shape index (κ2) is 12.9. The number of amides is 3. The number of carbonyl (C=O) groups is 3. The molecule has 0 spiro atoms. The highest BCUT2D eigenvalue weighted by Gasteiger charge is 2.38. The Morgan fingerprint density at radius 2 is 1.86 bits per heavy atom. The van der Waals surface area contributed by atoms with Gasteiger partial charge in [-0.2, -0.15) is 0 Å². The lowest BCUT2D eigenvalue weighted by Gasteiger charge is -2.43. The molecule has 1 aromatic heterocycles. The van der Waals surface area contributed by atoms with Crippen LogP contribution in [0.15, 0.2) is 72.2 Å². The highest BCUT2D eigenvalue weighted by Crippen LogP contribution is 2.27. The molecule has 13 heteroatoms. The topological polar surface area (TPSA) is 147 Å². The first kappa shape index (κ1) is 28.9. The highest BCUT2D eigenvalue weighted by molar-refractivity contribution is 7.16. The zero-order valence-electron chi connectivity index (χ0n) is 22.4. The van der Waals surface area contributed by atoms with Crippen molar-refractivity contribution >= 4 is 39.5 Å². The van der Waals surface area contributed by atoms with E-state index in [-0.39, 0.29) is 37.7 Å². The number of aromatic hydroxyl groups is 1. The largest absolute Gasteiger partial charge is 0.508 e. The molecule has 0 unspecified atom stereocenters. The summed E-state index contributed by atoms with van der Waals surface area (Å²) in [6.45, 7) is -0.221. The van der Waals surface area contributed by atoms with Gasteiger partial charge in [-0.3, -0.25) is 14.9 Å². The SMILES string of the molecule is O=C(O)CNN(C(=O)NCc1ccccc1)[C@H]1CN(Cc2ccc(F)c3scnc23)C(=O)[C@H](Cc2ccc(O)cc2)N1. The van der Waals surface area contributed by atoms with Crippen molar-refractivity contribution in [3.63, 3.8) is 0 Å². The van der Waals surface area contributed by atoms with E-state index < -0.39 is 36.6 Å². The van der Waals surface area contributed by atoms with Gasteiger partial charge in [0.15, 0.2) is 0 Å². The average molecular weight is 593 g/mol. The number of fused-ring (bicyclic) bond motifs is 1. The zero-order chi connectivity index (χ0) is 29.6. The summed E-state index contributed by atoms with van der Waals surface area (Å²) < 4.78 is 14.7. The molecule has 0 radical (unpaired) electrons. The summed E-state index contributed by atoms with van der Waals surface area (Å²) in [6, 6.07) is 17.2. The highest BCUT2D eigenvalue weighted by atomic mass is 32.1. The fourth-order valence-electron chi connectivity index (χ4n) is 4.83. The number of phenolic OH excluding ortho intramolecular Hbond substituents is 1. The molecule has 0 aliphatic carbocycles. The Balaban J connectivity index is 1.43. The van der Waals surface area contributed by atoms with Crippen LogP contribution in [0.3, 0.4) is 0 Å². The molecule has 42 heavy (non-hydrogen) atoms. The molecule has 0 bridgehead atoms. The number of benzene rings is 3. The quantitative estimate of drug-likeness (QED) is 0.177. The Bertz CT molecular complexity index is 1570. The van der Waals surface area contributed by atoms with Gasteiger partial charge < -0.3 is 20.4 Å². The van der Waals surface area contributed by atoms with Crippen molar-refractivity contribution in [3.05, 3.63) is 94.7 Å². The Labute approximate surface area is 244 Å². The summed E-state index contributed by atoms with van der Waals surface area (Å²) in [5, 5.41) is 26.2. The van der Waals surface area contributed by atoms with Crippen LogP contribution in [0, 0.1) is 5.82 Å². The number of nitrogens with one attached hydrogen (secondary N) is 3. The van der Waals surface area contributed by atoms with E-state index in [0.717, 1.165) is 16.1 Å². The predicted molar refractivity (Wildman–Crippen MR) is 154 cm³/mol. The van der Waals surface area contributed by atoms with Gasteiger partial charge in [-0.15, -0.1) is 11.3 Å². The van der Waals surface area contributed by atoms with Crippen molar-refractivity contribution in [1.82, 2.24) is 31.0 Å². The number of carboxylic acid groups (broad SMARTS) is 1. The number of nitrogens with zero attached hydrogens (tertiary/aromatic N) is 3. The van der Waals surface area contributed by atoms with E-state index in [9.17, 15) is 29.0 Å². The monoisotopic (exact) mass is 592 g/mol. The fourth-order valence-corrected chi connectivity index (χ4v) is 5.57. The van der Waals surface area contributed by atoms with Crippen molar-refractivity contribution in [2.75, 3.05) is 13.1 Å². The van der Waals surface area contributed by atoms with Crippen molar-refractivity contribution in [1.29, 1.82) is 0 Å². The number of carbonyl (C=O) groups excluding carboxylic acids is 2. The molecule has 3 aromatic carbocycles. The molecule has 4 aromatic rings. The average Bonchev–Trinajstić information content (AvgIpc) is 3.49. The lowest BCUT2D eigenvalue weighted by molar-refractivity contribution is -0.141. The van der Waals surface area contributed by atoms with Crippen LogP contribution in [0.4, 0.5) is 9.18 Å². The van der Waals surface area contributed by atoms with Crippen LogP contribution in [-0.2, 0) is 29.1 Å². The second-order valence-electron chi connectivity index (χ2n) is 9.80. The smallest absolute Gasteiger partial charge is 0.333 e. The van der Waals surface area contributed by atoms with Crippen LogP contribution in [-0.4, -0.2) is 68.3 Å². The minimum atomic E-state index is -1.17. The van der Waals surface area contributed by atoms with Gasteiger partial charge in [0.05, 0.1) is 28.3 Å². The molecule has 1 aliphatic rings. The van der Waals surface area contributed by atoms with Crippen molar-refractivity contribution in [3.8, 4) is 5.75 Å². The van der Waals surface area contributed by atoms with Gasteiger partial charge in [0.2, 0.25) is 5.91 Å². The maximum Gasteiger partial charge on any atom is 0.333 e. The molecule has 5 N–H and O–H groups in total. The van der Waals surface area contributed by atoms with Gasteiger partial charge in [-0.1, -0.05) is 48.5 Å². The Morgan fingerprint density at radius 1 is 1.10 bits per heavy atom. The van der Waals surface area contributed by atoms with Crippen molar-refractivity contribution < 1.29 is 29.0 Å². The number of rotatable bonds is 10. The number of hydrogen-bond donors (Lipinski definition) is 5. The van der Waals surface area contributed by atoms with Gasteiger partial charge in [-0.25, -0.2) is 24.6 Å². The van der Waals surface area contributed by atoms with Crippen LogP contribution in [0.1, 0.15) is 16.7 Å². The normalized spacial score (nSPS) is 16.9. The molecule has 3 amide bonds. The van der Waals surface area contributed by atoms with Gasteiger partial charge >= 0.3 is 12.0 Å². The number of aliphatic carboxylic acids is 1. The first-order valence-corrected chi connectivity index (χ1v) is 14.1. The number of urea groups is 1. The van der Waals surface area contributed by atoms with Gasteiger partial charge in [-0.05, 0) is 41.3 Å². The number of hydrogen-bond acceptors (Lipinski definition) is 8. The van der Waals surface area contributed by atoms with Crippen molar-refractivity contribution in [2.45, 2.75) is 31.7 Å². The molecule has 1 saturated heterocycles. The first-order valence-electron chi connectivity index (χ1n) is 13.2. The summed E-state index contributed by atoms with van der Waals surface area (Å²) in [5.74, 6) is -1.73. The van der Waals surface area contributed by atoms with Crippen LogP contribution in [0.2, 0.25) is 0 Å². The molecule has 0 saturated carbocycles. The fraction of sp³-hybridized carbons (Fsp3) is 0.241. The third-order valence-electron chi connectivity index (χ3n) is 6.87. The molecule has 5 rings (SSSR count). The predicted octanol–water partition coefficient (Wildman–Crippen LogP) is 2.81. The van der Waals surface area contributed by atoms with E-state index >= 15 is 0 Å². The number of carboxylic acids is 1. The van der Waals surface area contributed by atoms with Crippen molar-refractivity contribution in [2.24, 2.45) is 0 Å². The van der Waals surface area contributed by atoms with E-state index in [2.05, 4.69) is 21.0 Å². The molecule has 1 aliphatic heterocycles. The van der Waals surface area contributed by atoms with E-state index in [1.54, 1.807) is 28.6 Å². The molecule has 2 atom stereocenters. The van der Waals surface area contributed by atoms with E-state index in [1.165, 1.54) is 29.5 Å².